The summed E-state index contributed by atoms with van der Waals surface area (Å²) < 4.78 is 0. The SMILES string of the molecule is CNCC1CCCN1CC(=O)Nc1ccc(C(C)=O)cc1. The van der Waals surface area contributed by atoms with Crippen LogP contribution in [0.1, 0.15) is 30.1 Å². The molecule has 1 aliphatic rings. The fourth-order valence-electron chi connectivity index (χ4n) is 2.74. The summed E-state index contributed by atoms with van der Waals surface area (Å²) in [6.45, 7) is 3.84. The third-order valence-electron chi connectivity index (χ3n) is 3.86. The van der Waals surface area contributed by atoms with Crippen LogP contribution in [0.2, 0.25) is 0 Å². The maximum absolute atomic E-state index is 12.1. The number of hydrogen-bond acceptors (Lipinski definition) is 4. The van der Waals surface area contributed by atoms with E-state index in [4.69, 9.17) is 0 Å². The fourth-order valence-corrected chi connectivity index (χ4v) is 2.74. The standard InChI is InChI=1S/C16H23N3O2/c1-12(20)13-5-7-14(8-6-13)18-16(21)11-19-9-3-4-15(19)10-17-2/h5-8,15,17H,3-4,9-11H2,1-2H3,(H,18,21). The maximum atomic E-state index is 12.1. The van der Waals surface area contributed by atoms with Crippen molar-refractivity contribution < 1.29 is 9.59 Å². The van der Waals surface area contributed by atoms with Gasteiger partial charge in [-0.2, -0.15) is 0 Å². The monoisotopic (exact) mass is 289 g/mol. The van der Waals surface area contributed by atoms with E-state index >= 15 is 0 Å². The molecule has 2 rings (SSSR count). The summed E-state index contributed by atoms with van der Waals surface area (Å²) in [6.07, 6.45) is 2.29. The zero-order valence-electron chi connectivity index (χ0n) is 12.7. The second-order valence-electron chi connectivity index (χ2n) is 5.51. The van der Waals surface area contributed by atoms with Crippen molar-refractivity contribution in [3.8, 4) is 0 Å². The largest absolute Gasteiger partial charge is 0.325 e. The van der Waals surface area contributed by atoms with Gasteiger partial charge in [0.15, 0.2) is 5.78 Å². The van der Waals surface area contributed by atoms with Crippen molar-refractivity contribution in [3.63, 3.8) is 0 Å². The molecule has 1 amide bonds. The minimum Gasteiger partial charge on any atom is -0.325 e. The van der Waals surface area contributed by atoms with Gasteiger partial charge in [0.2, 0.25) is 5.91 Å². The first-order valence-corrected chi connectivity index (χ1v) is 7.39. The van der Waals surface area contributed by atoms with E-state index < -0.39 is 0 Å². The topological polar surface area (TPSA) is 61.4 Å². The van der Waals surface area contributed by atoms with E-state index in [1.165, 1.54) is 6.92 Å². The summed E-state index contributed by atoms with van der Waals surface area (Å²) in [7, 11) is 1.94. The lowest BCUT2D eigenvalue weighted by Crippen LogP contribution is -2.41. The molecule has 21 heavy (non-hydrogen) atoms. The highest BCUT2D eigenvalue weighted by molar-refractivity contribution is 5.96. The molecule has 5 heteroatoms. The van der Waals surface area contributed by atoms with Crippen molar-refractivity contribution in [2.45, 2.75) is 25.8 Å². The predicted molar refractivity (Wildman–Crippen MR) is 83.6 cm³/mol. The van der Waals surface area contributed by atoms with Crippen LogP contribution in [-0.4, -0.2) is 49.3 Å². The van der Waals surface area contributed by atoms with E-state index in [1.54, 1.807) is 24.3 Å². The zero-order chi connectivity index (χ0) is 15.2. The van der Waals surface area contributed by atoms with Crippen molar-refractivity contribution in [1.29, 1.82) is 0 Å². The number of rotatable bonds is 6. The summed E-state index contributed by atoms with van der Waals surface area (Å²) >= 11 is 0. The summed E-state index contributed by atoms with van der Waals surface area (Å²) in [5.74, 6) is 0.0217. The lowest BCUT2D eigenvalue weighted by Gasteiger charge is -2.23. The Morgan fingerprint density at radius 3 is 2.62 bits per heavy atom. The third kappa shape index (κ3) is 4.37. The smallest absolute Gasteiger partial charge is 0.238 e. The van der Waals surface area contributed by atoms with E-state index in [0.717, 1.165) is 31.6 Å². The molecule has 1 fully saturated rings. The summed E-state index contributed by atoms with van der Waals surface area (Å²) in [4.78, 5) is 25.5. The number of likely N-dealkylation sites (tertiary alicyclic amines) is 1. The minimum absolute atomic E-state index is 0.00595. The van der Waals surface area contributed by atoms with Crippen molar-refractivity contribution in [2.24, 2.45) is 0 Å². The second kappa shape index (κ2) is 7.33. The normalized spacial score (nSPS) is 18.7. The van der Waals surface area contributed by atoms with Crippen molar-refractivity contribution in [2.75, 3.05) is 32.0 Å². The van der Waals surface area contributed by atoms with Crippen molar-refractivity contribution in [3.05, 3.63) is 29.8 Å². The number of benzene rings is 1. The number of nitrogens with one attached hydrogen (secondary N) is 2. The van der Waals surface area contributed by atoms with Crippen LogP contribution in [0.5, 0.6) is 0 Å². The highest BCUT2D eigenvalue weighted by atomic mass is 16.2. The zero-order valence-corrected chi connectivity index (χ0v) is 12.7. The lowest BCUT2D eigenvalue weighted by atomic mass is 10.1. The molecule has 1 atom stereocenters. The molecule has 1 aliphatic heterocycles. The first kappa shape index (κ1) is 15.7. The van der Waals surface area contributed by atoms with Gasteiger partial charge in [-0.1, -0.05) is 0 Å². The summed E-state index contributed by atoms with van der Waals surface area (Å²) in [6, 6.07) is 7.45. The molecule has 0 saturated carbocycles. The number of Topliss-reactive ketones (excluding diaryl/α,β-unsaturated/α-hetero) is 1. The molecule has 1 aromatic rings. The number of carbonyl (C=O) groups excluding carboxylic acids is 2. The lowest BCUT2D eigenvalue weighted by molar-refractivity contribution is -0.117. The van der Waals surface area contributed by atoms with Gasteiger partial charge in [0.05, 0.1) is 6.54 Å². The highest BCUT2D eigenvalue weighted by Gasteiger charge is 2.25. The van der Waals surface area contributed by atoms with Crippen LogP contribution in [-0.2, 0) is 4.79 Å². The molecule has 0 spiro atoms. The van der Waals surface area contributed by atoms with Crippen LogP contribution in [0.3, 0.4) is 0 Å². The molecular weight excluding hydrogens is 266 g/mol. The first-order valence-electron chi connectivity index (χ1n) is 7.39. The van der Waals surface area contributed by atoms with Gasteiger partial charge in [0.25, 0.3) is 0 Å². The van der Waals surface area contributed by atoms with Gasteiger partial charge >= 0.3 is 0 Å². The molecular formula is C16H23N3O2. The predicted octanol–water partition coefficient (Wildman–Crippen LogP) is 1.51. The van der Waals surface area contributed by atoms with E-state index in [0.29, 0.717) is 18.2 Å². The molecule has 5 nitrogen and oxygen atoms in total. The van der Waals surface area contributed by atoms with Gasteiger partial charge in [0.1, 0.15) is 0 Å². The van der Waals surface area contributed by atoms with E-state index in [-0.39, 0.29) is 11.7 Å². The van der Waals surface area contributed by atoms with Crippen LogP contribution in [0, 0.1) is 0 Å². The van der Waals surface area contributed by atoms with Crippen LogP contribution in [0.25, 0.3) is 0 Å². The molecule has 0 aromatic heterocycles. The van der Waals surface area contributed by atoms with Crippen LogP contribution in [0.15, 0.2) is 24.3 Å². The molecule has 1 unspecified atom stereocenters. The van der Waals surface area contributed by atoms with E-state index in [1.807, 2.05) is 7.05 Å². The first-order chi connectivity index (χ1) is 10.1. The number of anilines is 1. The molecule has 2 N–H and O–H groups in total. The number of carbonyl (C=O) groups is 2. The number of likely N-dealkylation sites (N-methyl/N-ethyl adjacent to an activating group) is 1. The van der Waals surface area contributed by atoms with E-state index in [9.17, 15) is 9.59 Å². The van der Waals surface area contributed by atoms with Gasteiger partial charge in [-0.15, -0.1) is 0 Å². The Bertz CT molecular complexity index is 499. The molecule has 114 valence electrons. The number of ketones is 1. The molecule has 0 bridgehead atoms. The minimum atomic E-state index is -0.00595. The van der Waals surface area contributed by atoms with Crippen molar-refractivity contribution >= 4 is 17.4 Å². The molecule has 1 heterocycles. The molecule has 0 radical (unpaired) electrons. The fraction of sp³-hybridized carbons (Fsp3) is 0.500. The quantitative estimate of drug-likeness (QED) is 0.779. The number of hydrogen-bond donors (Lipinski definition) is 2. The van der Waals surface area contributed by atoms with Crippen LogP contribution in [0.4, 0.5) is 5.69 Å². The third-order valence-corrected chi connectivity index (χ3v) is 3.86. The van der Waals surface area contributed by atoms with Crippen molar-refractivity contribution in [1.82, 2.24) is 10.2 Å². The van der Waals surface area contributed by atoms with Gasteiger partial charge in [-0.25, -0.2) is 0 Å². The molecule has 1 saturated heterocycles. The maximum Gasteiger partial charge on any atom is 0.238 e. The summed E-state index contributed by atoms with van der Waals surface area (Å²) in [5.41, 5.74) is 1.39. The van der Waals surface area contributed by atoms with Gasteiger partial charge in [-0.05, 0) is 57.6 Å². The average molecular weight is 289 g/mol. The van der Waals surface area contributed by atoms with Gasteiger partial charge in [-0.3, -0.25) is 14.5 Å². The van der Waals surface area contributed by atoms with Gasteiger partial charge in [0, 0.05) is 23.8 Å². The Morgan fingerprint density at radius 2 is 2.00 bits per heavy atom. The average Bonchev–Trinajstić information content (AvgIpc) is 2.87. The Balaban J connectivity index is 1.88. The Kier molecular flexibility index (Phi) is 5.47. The Morgan fingerprint density at radius 1 is 1.29 bits per heavy atom. The van der Waals surface area contributed by atoms with Crippen LogP contribution < -0.4 is 10.6 Å². The molecule has 1 aromatic carbocycles. The number of nitrogens with zero attached hydrogens (tertiary/aromatic N) is 1. The Hall–Kier alpha value is -1.72. The number of amides is 1. The van der Waals surface area contributed by atoms with Gasteiger partial charge < -0.3 is 10.6 Å². The molecule has 0 aliphatic carbocycles. The second-order valence-corrected chi connectivity index (χ2v) is 5.51. The van der Waals surface area contributed by atoms with E-state index in [2.05, 4.69) is 15.5 Å². The highest BCUT2D eigenvalue weighted by Crippen LogP contribution is 2.16. The summed E-state index contributed by atoms with van der Waals surface area (Å²) in [5, 5.41) is 6.06. The van der Waals surface area contributed by atoms with Crippen LogP contribution >= 0.6 is 0 Å². The Labute approximate surface area is 125 Å².